The number of amides is 2. The summed E-state index contributed by atoms with van der Waals surface area (Å²) >= 11 is 0. The number of nitrogens with one attached hydrogen (secondary N) is 2. The molecule has 0 aliphatic heterocycles. The smallest absolute Gasteiger partial charge is 0.319 e. The summed E-state index contributed by atoms with van der Waals surface area (Å²) in [6, 6.07) is 5.52. The first-order valence-electron chi connectivity index (χ1n) is 7.08. The van der Waals surface area contributed by atoms with E-state index in [0.717, 1.165) is 19.3 Å². The van der Waals surface area contributed by atoms with Gasteiger partial charge >= 0.3 is 6.03 Å². The maximum Gasteiger partial charge on any atom is 0.319 e. The molecule has 2 amide bonds. The van der Waals surface area contributed by atoms with Gasteiger partial charge in [-0.2, -0.15) is 0 Å². The van der Waals surface area contributed by atoms with E-state index in [4.69, 9.17) is 5.73 Å². The van der Waals surface area contributed by atoms with Gasteiger partial charge in [0.25, 0.3) is 0 Å². The summed E-state index contributed by atoms with van der Waals surface area (Å²) in [6.07, 6.45) is 4.03. The number of halogens is 1. The molecular weight excluding hydrogens is 257 g/mol. The van der Waals surface area contributed by atoms with Crippen LogP contribution in [0.1, 0.15) is 32.6 Å². The molecule has 0 radical (unpaired) electrons. The summed E-state index contributed by atoms with van der Waals surface area (Å²) in [5, 5.41) is 5.64. The Morgan fingerprint density at radius 3 is 3.00 bits per heavy atom. The molecule has 5 heteroatoms. The van der Waals surface area contributed by atoms with Crippen molar-refractivity contribution >= 4 is 11.7 Å². The van der Waals surface area contributed by atoms with Crippen molar-refractivity contribution in [3.63, 3.8) is 0 Å². The van der Waals surface area contributed by atoms with Crippen molar-refractivity contribution < 1.29 is 9.18 Å². The van der Waals surface area contributed by atoms with Crippen LogP contribution >= 0.6 is 0 Å². The van der Waals surface area contributed by atoms with E-state index in [1.807, 2.05) is 0 Å². The molecule has 1 fully saturated rings. The second kappa shape index (κ2) is 6.22. The highest BCUT2D eigenvalue weighted by Crippen LogP contribution is 2.31. The van der Waals surface area contributed by atoms with E-state index in [9.17, 15) is 9.18 Å². The van der Waals surface area contributed by atoms with Gasteiger partial charge in [0, 0.05) is 12.2 Å². The Morgan fingerprint density at radius 2 is 2.35 bits per heavy atom. The van der Waals surface area contributed by atoms with E-state index < -0.39 is 0 Å². The average Bonchev–Trinajstić information content (AvgIpc) is 2.38. The van der Waals surface area contributed by atoms with E-state index in [1.54, 1.807) is 12.1 Å². The zero-order valence-corrected chi connectivity index (χ0v) is 11.8. The topological polar surface area (TPSA) is 67.1 Å². The van der Waals surface area contributed by atoms with Crippen LogP contribution in [-0.2, 0) is 0 Å². The first kappa shape index (κ1) is 14.8. The predicted octanol–water partition coefficient (Wildman–Crippen LogP) is 2.85. The normalized spacial score (nSPS) is 26.1. The molecule has 1 aliphatic rings. The molecule has 0 saturated heterocycles. The third-order valence-electron chi connectivity index (χ3n) is 3.94. The molecule has 2 atom stereocenters. The van der Waals surface area contributed by atoms with Gasteiger partial charge in [-0.15, -0.1) is 0 Å². The largest absolute Gasteiger partial charge is 0.331 e. The van der Waals surface area contributed by atoms with E-state index in [1.165, 1.54) is 18.6 Å². The van der Waals surface area contributed by atoms with Gasteiger partial charge in [-0.1, -0.05) is 25.8 Å². The molecule has 4 N–H and O–H groups in total. The lowest BCUT2D eigenvalue weighted by Gasteiger charge is -2.39. The van der Waals surface area contributed by atoms with Gasteiger partial charge in [0.2, 0.25) is 0 Å². The molecule has 1 saturated carbocycles. The quantitative estimate of drug-likeness (QED) is 0.796. The summed E-state index contributed by atoms with van der Waals surface area (Å²) in [5.74, 6) is 0.185. The molecule has 2 unspecified atom stereocenters. The highest BCUT2D eigenvalue weighted by molar-refractivity contribution is 5.89. The van der Waals surface area contributed by atoms with Crippen molar-refractivity contribution in [3.05, 3.63) is 30.1 Å². The lowest BCUT2D eigenvalue weighted by atomic mass is 9.76. The van der Waals surface area contributed by atoms with Crippen LogP contribution in [0, 0.1) is 11.7 Å². The first-order valence-corrected chi connectivity index (χ1v) is 7.08. The second-order valence-corrected chi connectivity index (χ2v) is 5.78. The Morgan fingerprint density at radius 1 is 1.55 bits per heavy atom. The van der Waals surface area contributed by atoms with Crippen LogP contribution in [0.25, 0.3) is 0 Å². The lowest BCUT2D eigenvalue weighted by Crippen LogP contribution is -2.57. The number of carbonyl (C=O) groups is 1. The summed E-state index contributed by atoms with van der Waals surface area (Å²) in [7, 11) is 0. The molecule has 1 aromatic rings. The lowest BCUT2D eigenvalue weighted by molar-refractivity contribution is 0.191. The standard InChI is InChI=1S/C15H22FN3O/c1-11-4-3-7-15(9-11,10-17)19-14(20)18-13-6-2-5-12(16)8-13/h2,5-6,8,11H,3-4,7,9-10,17H2,1H3,(H2,18,19,20). The van der Waals surface area contributed by atoms with E-state index in [0.29, 0.717) is 18.2 Å². The van der Waals surface area contributed by atoms with Crippen LogP contribution in [0.2, 0.25) is 0 Å². The number of hydrogen-bond acceptors (Lipinski definition) is 2. The fourth-order valence-electron chi connectivity index (χ4n) is 2.98. The van der Waals surface area contributed by atoms with Gasteiger partial charge in [-0.3, -0.25) is 0 Å². The Balaban J connectivity index is 1.99. The van der Waals surface area contributed by atoms with Gasteiger partial charge in [0.1, 0.15) is 5.82 Å². The SMILES string of the molecule is CC1CCCC(CN)(NC(=O)Nc2cccc(F)c2)C1. The number of carbonyl (C=O) groups excluding carboxylic acids is 1. The van der Waals surface area contributed by atoms with Crippen molar-refractivity contribution in [2.75, 3.05) is 11.9 Å². The molecule has 0 spiro atoms. The van der Waals surface area contributed by atoms with Crippen LogP contribution < -0.4 is 16.4 Å². The van der Waals surface area contributed by atoms with E-state index in [2.05, 4.69) is 17.6 Å². The monoisotopic (exact) mass is 279 g/mol. The van der Waals surface area contributed by atoms with E-state index >= 15 is 0 Å². The van der Waals surface area contributed by atoms with E-state index in [-0.39, 0.29) is 17.4 Å². The maximum absolute atomic E-state index is 13.1. The molecule has 1 aromatic carbocycles. The fraction of sp³-hybridized carbons (Fsp3) is 0.533. The number of nitrogens with two attached hydrogens (primary N) is 1. The second-order valence-electron chi connectivity index (χ2n) is 5.78. The molecule has 1 aliphatic carbocycles. The Kier molecular flexibility index (Phi) is 4.60. The van der Waals surface area contributed by atoms with Crippen LogP contribution in [0.5, 0.6) is 0 Å². The predicted molar refractivity (Wildman–Crippen MR) is 78.0 cm³/mol. The minimum Gasteiger partial charge on any atom is -0.331 e. The Bertz CT molecular complexity index is 480. The fourth-order valence-corrected chi connectivity index (χ4v) is 2.98. The maximum atomic E-state index is 13.1. The third-order valence-corrected chi connectivity index (χ3v) is 3.94. The van der Waals surface area contributed by atoms with Crippen LogP contribution in [-0.4, -0.2) is 18.1 Å². The Hall–Kier alpha value is -1.62. The van der Waals surface area contributed by atoms with Crippen molar-refractivity contribution in [1.82, 2.24) is 5.32 Å². The number of urea groups is 1. The summed E-state index contributed by atoms with van der Waals surface area (Å²) < 4.78 is 13.1. The van der Waals surface area contributed by atoms with Gasteiger partial charge in [0.15, 0.2) is 0 Å². The highest BCUT2D eigenvalue weighted by Gasteiger charge is 2.35. The van der Waals surface area contributed by atoms with Gasteiger partial charge in [-0.25, -0.2) is 9.18 Å². The molecule has 20 heavy (non-hydrogen) atoms. The van der Waals surface area contributed by atoms with Crippen LogP contribution in [0.3, 0.4) is 0 Å². The minimum absolute atomic E-state index is 0.324. The number of rotatable bonds is 3. The minimum atomic E-state index is -0.373. The van der Waals surface area contributed by atoms with Crippen LogP contribution in [0.15, 0.2) is 24.3 Å². The number of hydrogen-bond donors (Lipinski definition) is 3. The third kappa shape index (κ3) is 3.70. The first-order chi connectivity index (χ1) is 9.53. The zero-order valence-electron chi connectivity index (χ0n) is 11.8. The summed E-state index contributed by atoms with van der Waals surface area (Å²) in [6.45, 7) is 2.60. The zero-order chi connectivity index (χ0) is 14.6. The van der Waals surface area contributed by atoms with Gasteiger partial charge < -0.3 is 16.4 Å². The molecule has 0 bridgehead atoms. The van der Waals surface area contributed by atoms with Crippen molar-refractivity contribution in [2.24, 2.45) is 11.7 Å². The number of benzene rings is 1. The summed E-state index contributed by atoms with van der Waals surface area (Å²) in [5.41, 5.74) is 5.97. The summed E-state index contributed by atoms with van der Waals surface area (Å²) in [4.78, 5) is 12.1. The molecule has 110 valence electrons. The molecule has 2 rings (SSSR count). The van der Waals surface area contributed by atoms with Crippen molar-refractivity contribution in [3.8, 4) is 0 Å². The van der Waals surface area contributed by atoms with Crippen molar-refractivity contribution in [2.45, 2.75) is 38.1 Å². The van der Waals surface area contributed by atoms with Gasteiger partial charge in [-0.05, 0) is 37.0 Å². The van der Waals surface area contributed by atoms with Crippen molar-refractivity contribution in [1.29, 1.82) is 0 Å². The van der Waals surface area contributed by atoms with Crippen LogP contribution in [0.4, 0.5) is 14.9 Å². The van der Waals surface area contributed by atoms with Gasteiger partial charge in [0.05, 0.1) is 5.54 Å². The Labute approximate surface area is 118 Å². The molecule has 4 nitrogen and oxygen atoms in total. The molecular formula is C15H22FN3O. The molecule has 0 heterocycles. The highest BCUT2D eigenvalue weighted by atomic mass is 19.1. The average molecular weight is 279 g/mol. The molecule has 0 aromatic heterocycles. The number of anilines is 1.